The Morgan fingerprint density at radius 2 is 1.70 bits per heavy atom. The van der Waals surface area contributed by atoms with Gasteiger partial charge in [0.25, 0.3) is 0 Å². The Hall–Kier alpha value is -1.69. The Morgan fingerprint density at radius 3 is 2.30 bits per heavy atom. The fourth-order valence-electron chi connectivity index (χ4n) is 2.30. The number of carbonyl (C=O) groups is 1. The first-order chi connectivity index (χ1) is 10.9. The van der Waals surface area contributed by atoms with Gasteiger partial charge < -0.3 is 0 Å². The summed E-state index contributed by atoms with van der Waals surface area (Å²) in [6.07, 6.45) is 0.0125. The van der Waals surface area contributed by atoms with E-state index in [0.717, 1.165) is 5.56 Å². The number of hydrogen-bond donors (Lipinski definition) is 1. The van der Waals surface area contributed by atoms with Gasteiger partial charge in [0.15, 0.2) is 0 Å². The molecule has 0 saturated heterocycles. The van der Waals surface area contributed by atoms with Crippen molar-refractivity contribution in [2.24, 2.45) is 0 Å². The molecule has 0 radical (unpaired) electrons. The summed E-state index contributed by atoms with van der Waals surface area (Å²) >= 11 is 5.57. The topological polar surface area (TPSA) is 63.2 Å². The molecule has 1 N–H and O–H groups in total. The van der Waals surface area contributed by atoms with Gasteiger partial charge in [-0.2, -0.15) is 0 Å². The molecule has 0 aliphatic rings. The smallest absolute Gasteiger partial charge is 0.241 e. The van der Waals surface area contributed by atoms with Crippen molar-refractivity contribution in [3.05, 3.63) is 65.7 Å². The van der Waals surface area contributed by atoms with Crippen molar-refractivity contribution in [1.29, 1.82) is 0 Å². The lowest BCUT2D eigenvalue weighted by Gasteiger charge is -2.19. The molecule has 0 aromatic heterocycles. The van der Waals surface area contributed by atoms with Crippen molar-refractivity contribution < 1.29 is 13.2 Å². The molecule has 0 spiro atoms. The first-order valence-electron chi connectivity index (χ1n) is 7.14. The third-order valence-corrected chi connectivity index (χ3v) is 5.39. The second kappa shape index (κ2) is 7.73. The zero-order valence-electron chi connectivity index (χ0n) is 12.7. The molecule has 2 aromatic rings. The van der Waals surface area contributed by atoms with Crippen molar-refractivity contribution in [1.82, 2.24) is 4.72 Å². The highest BCUT2D eigenvalue weighted by atomic mass is 35.5. The molecule has 1 unspecified atom stereocenters. The van der Waals surface area contributed by atoms with Crippen LogP contribution in [0.25, 0.3) is 0 Å². The third-order valence-electron chi connectivity index (χ3n) is 3.46. The zero-order chi connectivity index (χ0) is 16.9. The van der Waals surface area contributed by atoms with Gasteiger partial charge in [0.05, 0.1) is 16.8 Å². The predicted molar refractivity (Wildman–Crippen MR) is 91.0 cm³/mol. The highest BCUT2D eigenvalue weighted by Gasteiger charge is 2.24. The number of aryl methyl sites for hydroxylation is 1. The quantitative estimate of drug-likeness (QED) is 0.779. The van der Waals surface area contributed by atoms with Crippen molar-refractivity contribution >= 4 is 27.4 Å². The van der Waals surface area contributed by atoms with E-state index in [1.54, 1.807) is 55.5 Å². The van der Waals surface area contributed by atoms with Gasteiger partial charge >= 0.3 is 0 Å². The van der Waals surface area contributed by atoms with Crippen LogP contribution >= 0.6 is 11.6 Å². The average Bonchev–Trinajstić information content (AvgIpc) is 2.55. The van der Waals surface area contributed by atoms with E-state index in [0.29, 0.717) is 5.56 Å². The van der Waals surface area contributed by atoms with Crippen molar-refractivity contribution in [2.45, 2.75) is 24.3 Å². The normalized spacial score (nSPS) is 12.8. The van der Waals surface area contributed by atoms with Crippen molar-refractivity contribution in [3.63, 3.8) is 0 Å². The van der Waals surface area contributed by atoms with Crippen LogP contribution in [0.4, 0.5) is 0 Å². The number of sulfonamides is 1. The summed E-state index contributed by atoms with van der Waals surface area (Å²) in [6, 6.07) is 15.1. The second-order valence-electron chi connectivity index (χ2n) is 5.23. The van der Waals surface area contributed by atoms with Gasteiger partial charge in [0.2, 0.25) is 10.0 Å². The first-order valence-corrected chi connectivity index (χ1v) is 9.16. The molecule has 2 aromatic carbocycles. The summed E-state index contributed by atoms with van der Waals surface area (Å²) in [5, 5.41) is 0. The monoisotopic (exact) mass is 351 g/mol. The lowest BCUT2D eigenvalue weighted by atomic mass is 10.0. The van der Waals surface area contributed by atoms with Crippen LogP contribution < -0.4 is 4.72 Å². The Labute approximate surface area is 141 Å². The zero-order valence-corrected chi connectivity index (χ0v) is 14.3. The molecule has 0 aliphatic carbocycles. The van der Waals surface area contributed by atoms with Crippen LogP contribution in [0.5, 0.6) is 0 Å². The minimum Gasteiger partial charge on any atom is -0.298 e. The van der Waals surface area contributed by atoms with Crippen LogP contribution in [0.2, 0.25) is 0 Å². The maximum absolute atomic E-state index is 12.7. The van der Waals surface area contributed by atoms with E-state index in [9.17, 15) is 13.2 Å². The summed E-state index contributed by atoms with van der Waals surface area (Å²) < 4.78 is 27.9. The minimum absolute atomic E-state index is 0.0125. The van der Waals surface area contributed by atoms with Gasteiger partial charge in [-0.25, -0.2) is 13.1 Å². The molecule has 1 atom stereocenters. The van der Waals surface area contributed by atoms with E-state index in [4.69, 9.17) is 11.6 Å². The van der Waals surface area contributed by atoms with E-state index < -0.39 is 16.1 Å². The molecular formula is C17H18ClNO3S. The number of alkyl halides is 1. The molecule has 0 bridgehead atoms. The van der Waals surface area contributed by atoms with Gasteiger partial charge in [-0.3, -0.25) is 4.79 Å². The fourth-order valence-corrected chi connectivity index (χ4v) is 3.88. The van der Waals surface area contributed by atoms with Gasteiger partial charge in [-0.1, -0.05) is 48.5 Å². The van der Waals surface area contributed by atoms with Crippen LogP contribution in [0, 0.1) is 6.92 Å². The number of halogens is 1. The van der Waals surface area contributed by atoms with Crippen LogP contribution in [0.1, 0.15) is 23.6 Å². The number of Topliss-reactive ketones (excluding diaryl/α,β-unsaturated/α-hetero) is 1. The molecule has 0 fully saturated rings. The molecule has 0 saturated carbocycles. The SMILES string of the molecule is Cc1ccccc1S(=O)(=O)NC(CC(=O)CCl)c1ccccc1. The molecule has 0 amide bonds. The summed E-state index contributed by atoms with van der Waals surface area (Å²) in [5.41, 5.74) is 1.37. The Kier molecular flexibility index (Phi) is 5.93. The number of nitrogens with one attached hydrogen (secondary N) is 1. The van der Waals surface area contributed by atoms with E-state index in [1.165, 1.54) is 0 Å². The van der Waals surface area contributed by atoms with E-state index >= 15 is 0 Å². The molecule has 6 heteroatoms. The average molecular weight is 352 g/mol. The van der Waals surface area contributed by atoms with Gasteiger partial charge in [-0.15, -0.1) is 11.6 Å². The molecule has 122 valence electrons. The van der Waals surface area contributed by atoms with Gasteiger partial charge in [0, 0.05) is 6.42 Å². The number of rotatable bonds is 7. The maximum Gasteiger partial charge on any atom is 0.241 e. The maximum atomic E-state index is 12.7. The molecule has 2 rings (SSSR count). The van der Waals surface area contributed by atoms with Gasteiger partial charge in [0.1, 0.15) is 5.78 Å². The molecular weight excluding hydrogens is 334 g/mol. The molecule has 0 heterocycles. The lowest BCUT2D eigenvalue weighted by Crippen LogP contribution is -2.31. The fraction of sp³-hybridized carbons (Fsp3) is 0.235. The van der Waals surface area contributed by atoms with Gasteiger partial charge in [-0.05, 0) is 24.1 Å². The van der Waals surface area contributed by atoms with Crippen LogP contribution in [-0.2, 0) is 14.8 Å². The second-order valence-corrected chi connectivity index (χ2v) is 7.18. The number of hydrogen-bond acceptors (Lipinski definition) is 3. The van der Waals surface area contributed by atoms with Crippen LogP contribution in [0.3, 0.4) is 0 Å². The minimum atomic E-state index is -3.74. The standard InChI is InChI=1S/C17H18ClNO3S/c1-13-7-5-6-10-17(13)23(21,22)19-16(11-15(20)12-18)14-8-3-2-4-9-14/h2-10,16,19H,11-12H2,1H3. The van der Waals surface area contributed by atoms with E-state index in [2.05, 4.69) is 4.72 Å². The van der Waals surface area contributed by atoms with Crippen molar-refractivity contribution in [3.8, 4) is 0 Å². The molecule has 0 aliphatic heterocycles. The summed E-state index contributed by atoms with van der Waals surface area (Å²) in [5.74, 6) is -0.358. The number of carbonyl (C=O) groups excluding carboxylic acids is 1. The third kappa shape index (κ3) is 4.64. The van der Waals surface area contributed by atoms with E-state index in [-0.39, 0.29) is 23.0 Å². The van der Waals surface area contributed by atoms with Crippen LogP contribution in [-0.4, -0.2) is 20.1 Å². The first kappa shape index (κ1) is 17.7. The Bertz CT molecular complexity index is 775. The van der Waals surface area contributed by atoms with E-state index in [1.807, 2.05) is 6.07 Å². The summed E-state index contributed by atoms with van der Waals surface area (Å²) in [6.45, 7) is 1.73. The highest BCUT2D eigenvalue weighted by Crippen LogP contribution is 2.22. The number of ketones is 1. The predicted octanol–water partition coefficient (Wildman–Crippen LogP) is 3.21. The number of benzene rings is 2. The Morgan fingerprint density at radius 1 is 1.09 bits per heavy atom. The van der Waals surface area contributed by atoms with Crippen LogP contribution in [0.15, 0.2) is 59.5 Å². The Balaban J connectivity index is 2.34. The highest BCUT2D eigenvalue weighted by molar-refractivity contribution is 7.89. The lowest BCUT2D eigenvalue weighted by molar-refractivity contribution is -0.117. The summed E-state index contributed by atoms with van der Waals surface area (Å²) in [7, 11) is -3.74. The van der Waals surface area contributed by atoms with Crippen molar-refractivity contribution in [2.75, 3.05) is 5.88 Å². The summed E-state index contributed by atoms with van der Waals surface area (Å²) in [4.78, 5) is 11.9. The molecule has 4 nitrogen and oxygen atoms in total. The molecule has 23 heavy (non-hydrogen) atoms. The largest absolute Gasteiger partial charge is 0.298 e.